The van der Waals surface area contributed by atoms with Gasteiger partial charge in [-0.1, -0.05) is 18.2 Å². The van der Waals surface area contributed by atoms with Crippen molar-refractivity contribution < 1.29 is 31.9 Å². The molecule has 35 heavy (non-hydrogen) atoms. The molecular weight excluding hydrogens is 474 g/mol. The van der Waals surface area contributed by atoms with Gasteiger partial charge in [0.15, 0.2) is 0 Å². The quantitative estimate of drug-likeness (QED) is 0.258. The van der Waals surface area contributed by atoms with Crippen LogP contribution in [-0.4, -0.2) is 53.0 Å². The van der Waals surface area contributed by atoms with Crippen LogP contribution < -0.4 is 14.5 Å². The van der Waals surface area contributed by atoms with Crippen LogP contribution in [-0.2, 0) is 19.6 Å². The molecule has 1 aromatic heterocycles. The first kappa shape index (κ1) is 25.5. The van der Waals surface area contributed by atoms with Crippen molar-refractivity contribution in [2.24, 2.45) is 5.10 Å². The van der Waals surface area contributed by atoms with Gasteiger partial charge in [-0.2, -0.15) is 5.10 Å². The summed E-state index contributed by atoms with van der Waals surface area (Å²) >= 11 is 0. The lowest BCUT2D eigenvalue weighted by atomic mass is 10.1. The second kappa shape index (κ2) is 11.3. The minimum atomic E-state index is -3.74. The van der Waals surface area contributed by atoms with Gasteiger partial charge in [-0.05, 0) is 43.3 Å². The molecule has 0 spiro atoms. The second-order valence-corrected chi connectivity index (χ2v) is 9.17. The number of nitrogens with one attached hydrogen (secondary N) is 1. The molecule has 0 aliphatic carbocycles. The number of carbonyl (C=O) groups is 2. The molecule has 0 aliphatic heterocycles. The highest BCUT2D eigenvalue weighted by Crippen LogP contribution is 2.23. The van der Waals surface area contributed by atoms with Crippen LogP contribution in [0.25, 0.3) is 11.3 Å². The number of ether oxygens (including phenoxy) is 2. The summed E-state index contributed by atoms with van der Waals surface area (Å²) in [6, 6.07) is 16.5. The van der Waals surface area contributed by atoms with Gasteiger partial charge in [-0.3, -0.25) is 9.10 Å². The molecule has 0 unspecified atom stereocenters. The molecule has 0 aliphatic rings. The number of hydrogen-bond donors (Lipinski definition) is 1. The highest BCUT2D eigenvalue weighted by Gasteiger charge is 2.21. The molecule has 3 aromatic rings. The largest absolute Gasteiger partial charge is 0.497 e. The molecule has 1 N–H and O–H groups in total. The molecule has 184 valence electrons. The van der Waals surface area contributed by atoms with Crippen molar-refractivity contribution in [1.82, 2.24) is 5.43 Å². The van der Waals surface area contributed by atoms with E-state index in [1.54, 1.807) is 61.5 Å². The topological polar surface area (TPSA) is 128 Å². The minimum Gasteiger partial charge on any atom is -0.497 e. The maximum atomic E-state index is 12.3. The summed E-state index contributed by atoms with van der Waals surface area (Å²) in [4.78, 5) is 24.1. The molecule has 0 saturated carbocycles. The van der Waals surface area contributed by atoms with Crippen LogP contribution in [0.1, 0.15) is 23.0 Å². The van der Waals surface area contributed by atoms with Gasteiger partial charge in [0.05, 0.1) is 37.4 Å². The fourth-order valence-electron chi connectivity index (χ4n) is 3.06. The van der Waals surface area contributed by atoms with Crippen molar-refractivity contribution >= 4 is 33.8 Å². The summed E-state index contributed by atoms with van der Waals surface area (Å²) in [5, 5.41) is 3.84. The zero-order valence-corrected chi connectivity index (χ0v) is 20.2. The van der Waals surface area contributed by atoms with Crippen molar-refractivity contribution in [2.45, 2.75) is 6.92 Å². The Morgan fingerprint density at radius 1 is 1.11 bits per heavy atom. The van der Waals surface area contributed by atoms with Crippen LogP contribution in [0, 0.1) is 0 Å². The van der Waals surface area contributed by atoms with E-state index in [0.29, 0.717) is 29.4 Å². The molecule has 1 amide bonds. The Balaban J connectivity index is 1.63. The Kier molecular flexibility index (Phi) is 8.26. The number of benzene rings is 2. The number of esters is 1. The SMILES string of the molecule is CCOC(=O)c1ccc(-c2ccc(/C=N\NC(=O)CN(c3cccc(OC)c3)S(C)(=O)=O)o2)cc1. The van der Waals surface area contributed by atoms with Crippen molar-refractivity contribution in [3.8, 4) is 17.1 Å². The molecule has 0 fully saturated rings. The average Bonchev–Trinajstić information content (AvgIpc) is 3.31. The van der Waals surface area contributed by atoms with Gasteiger partial charge >= 0.3 is 5.97 Å². The third kappa shape index (κ3) is 6.93. The number of carbonyl (C=O) groups excluding carboxylic acids is 2. The van der Waals surface area contributed by atoms with Gasteiger partial charge in [-0.15, -0.1) is 0 Å². The van der Waals surface area contributed by atoms with Crippen LogP contribution in [0.5, 0.6) is 5.75 Å². The summed E-state index contributed by atoms with van der Waals surface area (Å²) in [5.41, 5.74) is 3.76. The van der Waals surface area contributed by atoms with Gasteiger partial charge in [-0.25, -0.2) is 18.6 Å². The highest BCUT2D eigenvalue weighted by molar-refractivity contribution is 7.92. The molecule has 0 atom stereocenters. The first-order valence-electron chi connectivity index (χ1n) is 10.5. The predicted molar refractivity (Wildman–Crippen MR) is 131 cm³/mol. The summed E-state index contributed by atoms with van der Waals surface area (Å²) in [6.45, 7) is 1.56. The fourth-order valence-corrected chi connectivity index (χ4v) is 3.91. The number of anilines is 1. The van der Waals surface area contributed by atoms with Crippen LogP contribution in [0.4, 0.5) is 5.69 Å². The molecule has 11 heteroatoms. The first-order valence-corrected chi connectivity index (χ1v) is 12.4. The van der Waals surface area contributed by atoms with Crippen LogP contribution >= 0.6 is 0 Å². The molecular formula is C24H25N3O7S. The van der Waals surface area contributed by atoms with Crippen LogP contribution in [0.2, 0.25) is 0 Å². The fraction of sp³-hybridized carbons (Fsp3) is 0.208. The van der Waals surface area contributed by atoms with Gasteiger partial charge in [0.1, 0.15) is 23.8 Å². The molecule has 0 saturated heterocycles. The van der Waals surface area contributed by atoms with Crippen molar-refractivity contribution in [1.29, 1.82) is 0 Å². The van der Waals surface area contributed by atoms with Gasteiger partial charge in [0.25, 0.3) is 5.91 Å². The monoisotopic (exact) mass is 499 g/mol. The van der Waals surface area contributed by atoms with E-state index in [2.05, 4.69) is 10.5 Å². The molecule has 1 heterocycles. The average molecular weight is 500 g/mol. The maximum absolute atomic E-state index is 12.3. The molecule has 2 aromatic carbocycles. The van der Waals surface area contributed by atoms with Crippen LogP contribution in [0.3, 0.4) is 0 Å². The Labute approximate surface area is 203 Å². The predicted octanol–water partition coefficient (Wildman–Crippen LogP) is 3.05. The number of hydrogen-bond acceptors (Lipinski definition) is 8. The lowest BCUT2D eigenvalue weighted by Gasteiger charge is -2.21. The van der Waals surface area contributed by atoms with Gasteiger partial charge < -0.3 is 13.9 Å². The molecule has 10 nitrogen and oxygen atoms in total. The van der Waals surface area contributed by atoms with Gasteiger partial charge in [0.2, 0.25) is 10.0 Å². The molecule has 0 radical (unpaired) electrons. The zero-order valence-electron chi connectivity index (χ0n) is 19.4. The van der Waals surface area contributed by atoms with E-state index in [-0.39, 0.29) is 5.69 Å². The van der Waals surface area contributed by atoms with E-state index in [1.165, 1.54) is 19.4 Å². The number of amides is 1. The van der Waals surface area contributed by atoms with E-state index in [4.69, 9.17) is 13.9 Å². The Bertz CT molecular complexity index is 1310. The van der Waals surface area contributed by atoms with Crippen molar-refractivity contribution in [3.05, 3.63) is 72.0 Å². The number of furan rings is 1. The number of hydrazone groups is 1. The van der Waals surface area contributed by atoms with Crippen molar-refractivity contribution in [2.75, 3.05) is 30.8 Å². The van der Waals surface area contributed by atoms with Crippen molar-refractivity contribution in [3.63, 3.8) is 0 Å². The molecule has 0 bridgehead atoms. The summed E-state index contributed by atoms with van der Waals surface area (Å²) in [6.07, 6.45) is 2.30. The lowest BCUT2D eigenvalue weighted by molar-refractivity contribution is -0.119. The van der Waals surface area contributed by atoms with Gasteiger partial charge in [0, 0.05) is 11.6 Å². The Morgan fingerprint density at radius 2 is 1.86 bits per heavy atom. The summed E-state index contributed by atoms with van der Waals surface area (Å²) in [7, 11) is -2.27. The maximum Gasteiger partial charge on any atom is 0.338 e. The van der Waals surface area contributed by atoms with E-state index < -0.39 is 28.4 Å². The minimum absolute atomic E-state index is 0.288. The summed E-state index contributed by atoms with van der Waals surface area (Å²) < 4.78 is 41.2. The number of sulfonamides is 1. The van der Waals surface area contributed by atoms with E-state index in [1.807, 2.05) is 0 Å². The van der Waals surface area contributed by atoms with Crippen LogP contribution in [0.15, 0.2) is 70.2 Å². The summed E-state index contributed by atoms with van der Waals surface area (Å²) in [5.74, 6) is 0.314. The first-order chi connectivity index (χ1) is 16.7. The second-order valence-electron chi connectivity index (χ2n) is 7.26. The van der Waals surface area contributed by atoms with E-state index in [0.717, 1.165) is 16.1 Å². The normalized spacial score (nSPS) is 11.3. The third-order valence-corrected chi connectivity index (χ3v) is 5.86. The lowest BCUT2D eigenvalue weighted by Crippen LogP contribution is -2.39. The number of nitrogens with zero attached hydrogens (tertiary/aromatic N) is 2. The number of rotatable bonds is 10. The van der Waals surface area contributed by atoms with E-state index in [9.17, 15) is 18.0 Å². The Hall–Kier alpha value is -4.12. The van der Waals surface area contributed by atoms with E-state index >= 15 is 0 Å². The smallest absolute Gasteiger partial charge is 0.338 e. The highest BCUT2D eigenvalue weighted by atomic mass is 32.2. The standard InChI is InChI=1S/C24H25N3O7S/c1-4-33-24(29)18-10-8-17(9-11-18)22-13-12-21(34-22)15-25-26-23(28)16-27(35(3,30)31)19-6-5-7-20(14-19)32-2/h5-15H,4,16H2,1-3H3,(H,26,28)/b25-15-. The number of methoxy groups -OCH3 is 1. The Morgan fingerprint density at radius 3 is 2.51 bits per heavy atom. The molecule has 3 rings (SSSR count). The third-order valence-electron chi connectivity index (χ3n) is 4.72. The zero-order chi connectivity index (χ0) is 25.4.